The third kappa shape index (κ3) is 9.48. The largest absolute Gasteiger partial charge is 0.416 e. The number of hydrogen-bond acceptors (Lipinski definition) is 1. The van der Waals surface area contributed by atoms with Crippen LogP contribution >= 0.6 is 11.6 Å². The minimum Gasteiger partial charge on any atom is -0.296 e. The van der Waals surface area contributed by atoms with Crippen molar-refractivity contribution in [2.75, 3.05) is 7.05 Å². The van der Waals surface area contributed by atoms with Crippen molar-refractivity contribution in [1.82, 2.24) is 0 Å². The molecule has 1 rings (SSSR count). The third-order valence-electron chi connectivity index (χ3n) is 3.63. The van der Waals surface area contributed by atoms with E-state index in [4.69, 9.17) is 11.6 Å². The molecular weight excluding hydrogens is 428 g/mol. The van der Waals surface area contributed by atoms with Gasteiger partial charge in [-0.15, -0.1) is 0 Å². The molecule has 0 amide bonds. The number of benzene rings is 1. The summed E-state index contributed by atoms with van der Waals surface area (Å²) < 4.78 is 74.1. The van der Waals surface area contributed by atoms with E-state index in [9.17, 15) is 26.3 Å². The van der Waals surface area contributed by atoms with Crippen LogP contribution in [0.3, 0.4) is 0 Å². The second-order valence-electron chi connectivity index (χ2n) is 6.39. The second-order valence-corrected chi connectivity index (χ2v) is 6.80. The molecule has 0 saturated heterocycles. The first kappa shape index (κ1) is 27.7. The van der Waals surface area contributed by atoms with E-state index in [1.807, 2.05) is 13.8 Å². The van der Waals surface area contributed by atoms with Gasteiger partial charge in [0.25, 0.3) is 0 Å². The van der Waals surface area contributed by atoms with Crippen LogP contribution in [0.5, 0.6) is 0 Å². The smallest absolute Gasteiger partial charge is 0.296 e. The fraction of sp³-hybridized carbons (Fsp3) is 0.318. The van der Waals surface area contributed by atoms with E-state index in [0.717, 1.165) is 35.4 Å². The summed E-state index contributed by atoms with van der Waals surface area (Å²) in [4.78, 5) is 3.86. The van der Waals surface area contributed by atoms with Crippen molar-refractivity contribution in [2.24, 2.45) is 4.99 Å². The molecule has 0 heterocycles. The number of halogens is 7. The monoisotopic (exact) mass is 451 g/mol. The molecule has 0 N–H and O–H groups in total. The standard InChI is InChI=1S/C13H14F3N.C9H10ClF3/c1-9(2)12(8-17-3)10-5-4-6-11(7-10)13(14,15)16;1-4-7(9(11,12)13)5-8(10)6(2)3/h4-8H,1-3H3;4-5H,2H2,1,3H3/b;7-4+,8-5+. The highest BCUT2D eigenvalue weighted by Gasteiger charge is 2.31. The number of hydrogen-bond donors (Lipinski definition) is 0. The lowest BCUT2D eigenvalue weighted by atomic mass is 10.0. The fourth-order valence-corrected chi connectivity index (χ4v) is 2.19. The molecule has 0 aliphatic carbocycles. The van der Waals surface area contributed by atoms with Crippen LogP contribution in [0.25, 0.3) is 5.57 Å². The van der Waals surface area contributed by atoms with Gasteiger partial charge in [0.1, 0.15) is 0 Å². The summed E-state index contributed by atoms with van der Waals surface area (Å²) in [6, 6.07) is 5.27. The van der Waals surface area contributed by atoms with Gasteiger partial charge in [-0.2, -0.15) is 26.3 Å². The highest BCUT2D eigenvalue weighted by atomic mass is 35.5. The zero-order chi connectivity index (χ0) is 23.7. The summed E-state index contributed by atoms with van der Waals surface area (Å²) in [5.41, 5.74) is 1.18. The Kier molecular flexibility index (Phi) is 10.9. The molecular formula is C22H24ClF6N. The highest BCUT2D eigenvalue weighted by Crippen LogP contribution is 2.31. The van der Waals surface area contributed by atoms with Gasteiger partial charge in [-0.05, 0) is 62.6 Å². The maximum absolute atomic E-state index is 12.6. The van der Waals surface area contributed by atoms with E-state index in [2.05, 4.69) is 11.6 Å². The first-order chi connectivity index (χ1) is 13.6. The Morgan fingerprint density at radius 3 is 2.00 bits per heavy atom. The van der Waals surface area contributed by atoms with Crippen molar-refractivity contribution in [3.8, 4) is 0 Å². The Morgan fingerprint density at radius 1 is 1.07 bits per heavy atom. The van der Waals surface area contributed by atoms with Crippen molar-refractivity contribution in [1.29, 1.82) is 0 Å². The molecule has 1 aromatic carbocycles. The van der Waals surface area contributed by atoms with E-state index in [0.29, 0.717) is 11.1 Å². The van der Waals surface area contributed by atoms with Crippen LogP contribution in [-0.4, -0.2) is 19.4 Å². The van der Waals surface area contributed by atoms with E-state index < -0.39 is 23.5 Å². The SMILES string of the molecule is C=C(C)/C(Cl)=C\C(=C/C)C(F)(F)F.CN=CC(=C(C)C)c1cccc(C(F)(F)F)c1. The molecule has 8 heteroatoms. The Hall–Kier alpha value is -2.28. The number of alkyl halides is 6. The molecule has 166 valence electrons. The summed E-state index contributed by atoms with van der Waals surface area (Å²) >= 11 is 5.52. The van der Waals surface area contributed by atoms with E-state index in [-0.39, 0.29) is 5.03 Å². The highest BCUT2D eigenvalue weighted by molar-refractivity contribution is 6.32. The minimum atomic E-state index is -4.36. The molecule has 0 saturated carbocycles. The van der Waals surface area contributed by atoms with Gasteiger partial charge >= 0.3 is 12.4 Å². The van der Waals surface area contributed by atoms with Crippen molar-refractivity contribution in [3.05, 3.63) is 75.9 Å². The lowest BCUT2D eigenvalue weighted by molar-refractivity contribution is -0.137. The van der Waals surface area contributed by atoms with Gasteiger partial charge in [-0.25, -0.2) is 0 Å². The number of aliphatic imine (C=N–C) groups is 1. The van der Waals surface area contributed by atoms with E-state index in [1.165, 1.54) is 13.0 Å². The van der Waals surface area contributed by atoms with E-state index in [1.54, 1.807) is 26.3 Å². The molecule has 0 aliphatic rings. The minimum absolute atomic E-state index is 0.0189. The predicted octanol–water partition coefficient (Wildman–Crippen LogP) is 8.39. The molecule has 0 atom stereocenters. The van der Waals surface area contributed by atoms with Crippen LogP contribution in [-0.2, 0) is 6.18 Å². The second kappa shape index (κ2) is 11.8. The quantitative estimate of drug-likeness (QED) is 0.247. The molecule has 0 aliphatic heterocycles. The Balaban J connectivity index is 0.000000584. The first-order valence-corrected chi connectivity index (χ1v) is 9.06. The van der Waals surface area contributed by atoms with Crippen LogP contribution < -0.4 is 0 Å². The normalized spacial score (nSPS) is 13.1. The molecule has 0 radical (unpaired) electrons. The molecule has 0 spiro atoms. The predicted molar refractivity (Wildman–Crippen MR) is 113 cm³/mol. The molecule has 0 bridgehead atoms. The average molecular weight is 452 g/mol. The zero-order valence-electron chi connectivity index (χ0n) is 17.3. The summed E-state index contributed by atoms with van der Waals surface area (Å²) in [5.74, 6) is 0. The maximum Gasteiger partial charge on any atom is 0.416 e. The van der Waals surface area contributed by atoms with Crippen LogP contribution in [0, 0.1) is 0 Å². The third-order valence-corrected chi connectivity index (χ3v) is 4.06. The molecule has 0 unspecified atom stereocenters. The lowest BCUT2D eigenvalue weighted by Crippen LogP contribution is -2.09. The van der Waals surface area contributed by atoms with Crippen molar-refractivity contribution in [3.63, 3.8) is 0 Å². The van der Waals surface area contributed by atoms with Crippen molar-refractivity contribution in [2.45, 2.75) is 40.0 Å². The fourth-order valence-electron chi connectivity index (χ4n) is 2.07. The maximum atomic E-state index is 12.6. The number of allylic oxidation sites excluding steroid dienone is 7. The van der Waals surface area contributed by atoms with Crippen LogP contribution in [0.2, 0.25) is 0 Å². The summed E-state index contributed by atoms with van der Waals surface area (Å²) in [7, 11) is 1.59. The number of rotatable bonds is 4. The summed E-state index contributed by atoms with van der Waals surface area (Å²) in [6.45, 7) is 9.97. The summed E-state index contributed by atoms with van der Waals surface area (Å²) in [5, 5.41) is 0.0189. The topological polar surface area (TPSA) is 12.4 Å². The first-order valence-electron chi connectivity index (χ1n) is 8.69. The zero-order valence-corrected chi connectivity index (χ0v) is 18.1. The molecule has 1 aromatic rings. The van der Waals surface area contributed by atoms with Crippen LogP contribution in [0.4, 0.5) is 26.3 Å². The van der Waals surface area contributed by atoms with Crippen molar-refractivity contribution >= 4 is 23.4 Å². The van der Waals surface area contributed by atoms with Gasteiger partial charge in [0, 0.05) is 18.3 Å². The van der Waals surface area contributed by atoms with Gasteiger partial charge in [-0.3, -0.25) is 4.99 Å². The Morgan fingerprint density at radius 2 is 1.63 bits per heavy atom. The molecule has 0 fully saturated rings. The average Bonchev–Trinajstić information content (AvgIpc) is 2.62. The Labute approximate surface area is 178 Å². The van der Waals surface area contributed by atoms with Crippen molar-refractivity contribution < 1.29 is 26.3 Å². The lowest BCUT2D eigenvalue weighted by Gasteiger charge is -2.10. The van der Waals surface area contributed by atoms with Crippen LogP contribution in [0.1, 0.15) is 38.8 Å². The van der Waals surface area contributed by atoms with Gasteiger partial charge in [-0.1, -0.05) is 42.0 Å². The molecule has 1 nitrogen and oxygen atoms in total. The number of nitrogens with zero attached hydrogens (tertiary/aromatic N) is 1. The van der Waals surface area contributed by atoms with Gasteiger partial charge < -0.3 is 0 Å². The molecule has 0 aromatic heterocycles. The summed E-state index contributed by atoms with van der Waals surface area (Å²) in [6.07, 6.45) is -5.27. The van der Waals surface area contributed by atoms with E-state index >= 15 is 0 Å². The molecule has 30 heavy (non-hydrogen) atoms. The van der Waals surface area contributed by atoms with Gasteiger partial charge in [0.15, 0.2) is 0 Å². The van der Waals surface area contributed by atoms with Gasteiger partial charge in [0.05, 0.1) is 11.1 Å². The Bertz CT molecular complexity index is 851. The van der Waals surface area contributed by atoms with Gasteiger partial charge in [0.2, 0.25) is 0 Å². The van der Waals surface area contributed by atoms with Crippen LogP contribution in [0.15, 0.2) is 69.7 Å².